The number of halogens is 2. The van der Waals surface area contributed by atoms with Crippen molar-refractivity contribution in [2.75, 3.05) is 4.72 Å². The lowest BCUT2D eigenvalue weighted by molar-refractivity contribution is 0.0686. The first kappa shape index (κ1) is 21.3. The normalized spacial score (nSPS) is 11.8. The van der Waals surface area contributed by atoms with Gasteiger partial charge in [-0.3, -0.25) is 9.52 Å². The zero-order chi connectivity index (χ0) is 21.3. The molecule has 2 aromatic carbocycles. The molecule has 3 N–H and O–H groups in total. The van der Waals surface area contributed by atoms with Gasteiger partial charge in [0.1, 0.15) is 17.2 Å². The fraction of sp³-hybridized carbons (Fsp3) is 0.222. The molecule has 2 aromatic rings. The van der Waals surface area contributed by atoms with Crippen LogP contribution in [0, 0.1) is 11.6 Å². The van der Waals surface area contributed by atoms with Crippen LogP contribution in [-0.4, -0.2) is 30.9 Å². The molecule has 0 fully saturated rings. The number of sulfonamides is 1. The highest BCUT2D eigenvalue weighted by Crippen LogP contribution is 2.22. The Kier molecular flexibility index (Phi) is 5.74. The third-order valence-corrected chi connectivity index (χ3v) is 4.82. The molecule has 0 saturated carbocycles. The van der Waals surface area contributed by atoms with Crippen molar-refractivity contribution in [3.8, 4) is 0 Å². The molecule has 7 nitrogen and oxygen atoms in total. The average Bonchev–Trinajstić information content (AvgIpc) is 2.51. The van der Waals surface area contributed by atoms with Crippen molar-refractivity contribution >= 4 is 27.6 Å². The number of amides is 1. The van der Waals surface area contributed by atoms with Crippen molar-refractivity contribution in [2.45, 2.75) is 31.2 Å². The number of carboxylic acid groups (broad SMARTS) is 1. The molecule has 0 saturated heterocycles. The SMILES string of the molecule is CC(C)(C)NC(=O)c1ccc(S(=O)(=O)Nc2cc(F)c(C(=O)O)c(F)c2)cc1. The van der Waals surface area contributed by atoms with Gasteiger partial charge in [0, 0.05) is 11.1 Å². The fourth-order valence-electron chi connectivity index (χ4n) is 2.25. The van der Waals surface area contributed by atoms with E-state index in [4.69, 9.17) is 5.11 Å². The molecule has 150 valence electrons. The zero-order valence-electron chi connectivity index (χ0n) is 15.2. The van der Waals surface area contributed by atoms with E-state index in [0.29, 0.717) is 12.1 Å². The van der Waals surface area contributed by atoms with Crippen LogP contribution >= 0.6 is 0 Å². The Labute approximate surface area is 160 Å². The van der Waals surface area contributed by atoms with Gasteiger partial charge in [0.15, 0.2) is 0 Å². The van der Waals surface area contributed by atoms with Crippen LogP contribution < -0.4 is 10.0 Å². The van der Waals surface area contributed by atoms with E-state index in [0.717, 1.165) is 12.1 Å². The zero-order valence-corrected chi connectivity index (χ0v) is 16.0. The maximum absolute atomic E-state index is 13.7. The van der Waals surface area contributed by atoms with Gasteiger partial charge in [0.25, 0.3) is 15.9 Å². The lowest BCUT2D eigenvalue weighted by atomic mass is 10.1. The number of aromatic carboxylic acids is 1. The molecule has 0 aromatic heterocycles. The number of carbonyl (C=O) groups is 2. The summed E-state index contributed by atoms with van der Waals surface area (Å²) < 4.78 is 54.2. The Morgan fingerprint density at radius 2 is 1.50 bits per heavy atom. The van der Waals surface area contributed by atoms with Crippen LogP contribution in [0.1, 0.15) is 41.5 Å². The summed E-state index contributed by atoms with van der Waals surface area (Å²) in [6, 6.07) is 6.05. The van der Waals surface area contributed by atoms with Crippen molar-refractivity contribution in [3.63, 3.8) is 0 Å². The van der Waals surface area contributed by atoms with Crippen molar-refractivity contribution in [1.82, 2.24) is 5.32 Å². The molecule has 0 bridgehead atoms. The van der Waals surface area contributed by atoms with Crippen LogP contribution in [-0.2, 0) is 10.0 Å². The van der Waals surface area contributed by atoms with E-state index in [1.165, 1.54) is 12.1 Å². The van der Waals surface area contributed by atoms with Crippen LogP contribution in [0.4, 0.5) is 14.5 Å². The first-order valence-electron chi connectivity index (χ1n) is 7.98. The third kappa shape index (κ3) is 5.03. The van der Waals surface area contributed by atoms with Crippen molar-refractivity contribution in [3.05, 3.63) is 59.2 Å². The first-order valence-corrected chi connectivity index (χ1v) is 9.46. The smallest absolute Gasteiger partial charge is 0.341 e. The van der Waals surface area contributed by atoms with Crippen LogP contribution in [0.3, 0.4) is 0 Å². The van der Waals surface area contributed by atoms with Crippen LogP contribution in [0.15, 0.2) is 41.3 Å². The summed E-state index contributed by atoms with van der Waals surface area (Å²) in [5.41, 5.74) is -1.90. The van der Waals surface area contributed by atoms with Gasteiger partial charge in [-0.2, -0.15) is 0 Å². The predicted octanol–water partition coefficient (Wildman–Crippen LogP) is 2.99. The molecule has 1 amide bonds. The van der Waals surface area contributed by atoms with Gasteiger partial charge >= 0.3 is 5.97 Å². The summed E-state index contributed by atoms with van der Waals surface area (Å²) in [6.07, 6.45) is 0. The minimum absolute atomic E-state index is 0.233. The Bertz CT molecular complexity index is 1010. The van der Waals surface area contributed by atoms with Crippen molar-refractivity contribution in [1.29, 1.82) is 0 Å². The van der Waals surface area contributed by atoms with Gasteiger partial charge in [0.2, 0.25) is 0 Å². The third-order valence-electron chi connectivity index (χ3n) is 3.42. The number of carboxylic acids is 1. The Morgan fingerprint density at radius 1 is 1.00 bits per heavy atom. The quantitative estimate of drug-likeness (QED) is 0.699. The summed E-state index contributed by atoms with van der Waals surface area (Å²) >= 11 is 0. The lowest BCUT2D eigenvalue weighted by Crippen LogP contribution is -2.40. The molecule has 10 heteroatoms. The van der Waals surface area contributed by atoms with Gasteiger partial charge in [-0.1, -0.05) is 0 Å². The molecular weight excluding hydrogens is 394 g/mol. The monoisotopic (exact) mass is 412 g/mol. The molecule has 28 heavy (non-hydrogen) atoms. The van der Waals surface area contributed by atoms with Crippen molar-refractivity contribution < 1.29 is 31.9 Å². The minimum atomic E-state index is -4.22. The van der Waals surface area contributed by atoms with Crippen LogP contribution in [0.2, 0.25) is 0 Å². The van der Waals surface area contributed by atoms with Crippen molar-refractivity contribution in [2.24, 2.45) is 0 Å². The van der Waals surface area contributed by atoms with E-state index in [-0.39, 0.29) is 10.5 Å². The fourth-order valence-corrected chi connectivity index (χ4v) is 3.29. The highest BCUT2D eigenvalue weighted by molar-refractivity contribution is 7.92. The second-order valence-corrected chi connectivity index (χ2v) is 8.64. The number of rotatable bonds is 5. The van der Waals surface area contributed by atoms with E-state index in [9.17, 15) is 26.8 Å². The molecule has 2 rings (SSSR count). The molecule has 0 atom stereocenters. The summed E-state index contributed by atoms with van der Waals surface area (Å²) in [6.45, 7) is 5.38. The van der Waals surface area contributed by atoms with Gasteiger partial charge in [-0.15, -0.1) is 0 Å². The Morgan fingerprint density at radius 3 is 1.93 bits per heavy atom. The van der Waals surface area contributed by atoms with Gasteiger partial charge in [-0.05, 0) is 57.2 Å². The standard InChI is InChI=1S/C18H18F2N2O5S/c1-18(2,3)21-16(23)10-4-6-12(7-5-10)28(26,27)22-11-8-13(19)15(17(24)25)14(20)9-11/h4-9,22H,1-3H3,(H,21,23)(H,24,25). The van der Waals surface area contributed by atoms with Gasteiger partial charge in [0.05, 0.1) is 10.6 Å². The second kappa shape index (κ2) is 7.55. The minimum Gasteiger partial charge on any atom is -0.477 e. The lowest BCUT2D eigenvalue weighted by Gasteiger charge is -2.20. The van der Waals surface area contributed by atoms with Gasteiger partial charge in [-0.25, -0.2) is 22.0 Å². The number of benzene rings is 2. The topological polar surface area (TPSA) is 113 Å². The van der Waals surface area contributed by atoms with Gasteiger partial charge < -0.3 is 10.4 Å². The largest absolute Gasteiger partial charge is 0.477 e. The number of anilines is 1. The molecule has 0 aliphatic carbocycles. The summed E-state index contributed by atoms with van der Waals surface area (Å²) in [4.78, 5) is 22.6. The van der Waals surface area contributed by atoms with Crippen LogP contribution in [0.25, 0.3) is 0 Å². The number of hydrogen-bond donors (Lipinski definition) is 3. The first-order chi connectivity index (χ1) is 12.8. The average molecular weight is 412 g/mol. The van der Waals surface area contributed by atoms with E-state index in [1.807, 2.05) is 4.72 Å². The van der Waals surface area contributed by atoms with E-state index in [1.54, 1.807) is 20.8 Å². The van der Waals surface area contributed by atoms with E-state index >= 15 is 0 Å². The Balaban J connectivity index is 2.26. The molecule has 0 aliphatic heterocycles. The molecule has 0 heterocycles. The molecule has 0 unspecified atom stereocenters. The maximum atomic E-state index is 13.7. The van der Waals surface area contributed by atoms with E-state index in [2.05, 4.69) is 5.32 Å². The van der Waals surface area contributed by atoms with Crippen LogP contribution in [0.5, 0.6) is 0 Å². The molecular formula is C18H18F2N2O5S. The molecule has 0 spiro atoms. The summed E-state index contributed by atoms with van der Waals surface area (Å²) in [5.74, 6) is -5.04. The molecule has 0 aliphatic rings. The molecule has 0 radical (unpaired) electrons. The highest BCUT2D eigenvalue weighted by Gasteiger charge is 2.21. The second-order valence-electron chi connectivity index (χ2n) is 6.95. The Hall–Kier alpha value is -3.01. The summed E-state index contributed by atoms with van der Waals surface area (Å²) in [5, 5.41) is 11.5. The number of nitrogens with one attached hydrogen (secondary N) is 2. The van der Waals surface area contributed by atoms with E-state index < -0.39 is 50.3 Å². The maximum Gasteiger partial charge on any atom is 0.341 e. The summed E-state index contributed by atoms with van der Waals surface area (Å²) in [7, 11) is -4.22. The number of hydrogen-bond acceptors (Lipinski definition) is 4. The predicted molar refractivity (Wildman–Crippen MR) is 97.8 cm³/mol. The number of carbonyl (C=O) groups excluding carboxylic acids is 1. The highest BCUT2D eigenvalue weighted by atomic mass is 32.2.